The predicted octanol–water partition coefficient (Wildman–Crippen LogP) is 1.26. The minimum atomic E-state index is -0.303. The maximum absolute atomic E-state index is 12.4. The van der Waals surface area contributed by atoms with E-state index in [2.05, 4.69) is 30.6 Å². The molecule has 1 amide bonds. The number of aromatic nitrogens is 6. The fourth-order valence-corrected chi connectivity index (χ4v) is 2.24. The molecule has 0 saturated heterocycles. The third kappa shape index (κ3) is 2.54. The van der Waals surface area contributed by atoms with Gasteiger partial charge in [0.05, 0.1) is 11.7 Å². The predicted molar refractivity (Wildman–Crippen MR) is 79.5 cm³/mol. The molecule has 2 N–H and O–H groups in total. The summed E-state index contributed by atoms with van der Waals surface area (Å²) in [6.45, 7) is 7.42. The van der Waals surface area contributed by atoms with Gasteiger partial charge in [-0.3, -0.25) is 9.89 Å². The van der Waals surface area contributed by atoms with Crippen LogP contribution in [0.15, 0.2) is 12.1 Å². The molecule has 8 heteroatoms. The van der Waals surface area contributed by atoms with E-state index in [1.165, 1.54) is 0 Å². The number of amides is 1. The van der Waals surface area contributed by atoms with E-state index in [1.54, 1.807) is 10.6 Å². The summed E-state index contributed by atoms with van der Waals surface area (Å²) in [5, 5.41) is 14.0. The van der Waals surface area contributed by atoms with Crippen LogP contribution in [-0.2, 0) is 0 Å². The Labute approximate surface area is 127 Å². The monoisotopic (exact) mass is 299 g/mol. The average Bonchev–Trinajstić information content (AvgIpc) is 3.04. The molecule has 0 bridgehead atoms. The average molecular weight is 299 g/mol. The summed E-state index contributed by atoms with van der Waals surface area (Å²) in [5.74, 6) is 0.990. The lowest BCUT2D eigenvalue weighted by Gasteiger charge is -2.10. The van der Waals surface area contributed by atoms with Crippen LogP contribution in [0.5, 0.6) is 0 Å². The van der Waals surface area contributed by atoms with Crippen LogP contribution in [0.2, 0.25) is 0 Å². The second-order valence-corrected chi connectivity index (χ2v) is 5.31. The van der Waals surface area contributed by atoms with Gasteiger partial charge in [0.1, 0.15) is 11.5 Å². The third-order valence-electron chi connectivity index (χ3n) is 3.31. The molecule has 8 nitrogen and oxygen atoms in total. The van der Waals surface area contributed by atoms with Gasteiger partial charge in [-0.25, -0.2) is 14.5 Å². The van der Waals surface area contributed by atoms with Crippen molar-refractivity contribution in [2.24, 2.45) is 0 Å². The number of carbonyl (C=O) groups is 1. The molecular formula is C14H17N7O. The fourth-order valence-electron chi connectivity index (χ4n) is 2.24. The van der Waals surface area contributed by atoms with E-state index in [0.717, 1.165) is 11.4 Å². The lowest BCUT2D eigenvalue weighted by molar-refractivity contribution is 0.0933. The summed E-state index contributed by atoms with van der Waals surface area (Å²) in [5.41, 5.74) is 2.72. The van der Waals surface area contributed by atoms with E-state index in [9.17, 15) is 4.79 Å². The second kappa shape index (κ2) is 5.21. The van der Waals surface area contributed by atoms with Crippen LogP contribution in [0.1, 0.15) is 46.5 Å². The second-order valence-electron chi connectivity index (χ2n) is 5.31. The molecule has 3 heterocycles. The number of aromatic amines is 1. The molecule has 0 aliphatic carbocycles. The molecule has 0 fully saturated rings. The third-order valence-corrected chi connectivity index (χ3v) is 3.31. The quantitative estimate of drug-likeness (QED) is 0.758. The number of aryl methyl sites for hydroxylation is 3. The minimum Gasteiger partial charge on any atom is -0.341 e. The van der Waals surface area contributed by atoms with Crippen molar-refractivity contribution >= 4 is 11.6 Å². The number of carbonyl (C=O) groups excluding carboxylic acids is 1. The lowest BCUT2D eigenvalue weighted by atomic mass is 10.2. The highest BCUT2D eigenvalue weighted by Crippen LogP contribution is 2.11. The Bertz CT molecular complexity index is 848. The summed E-state index contributed by atoms with van der Waals surface area (Å²) in [6.07, 6.45) is 0. The molecule has 0 saturated carbocycles. The van der Waals surface area contributed by atoms with Crippen LogP contribution in [0.4, 0.5) is 0 Å². The molecule has 3 aromatic rings. The molecule has 0 aliphatic rings. The highest BCUT2D eigenvalue weighted by Gasteiger charge is 2.17. The zero-order chi connectivity index (χ0) is 15.9. The van der Waals surface area contributed by atoms with E-state index < -0.39 is 0 Å². The largest absolute Gasteiger partial charge is 0.341 e. The van der Waals surface area contributed by atoms with Crippen molar-refractivity contribution in [3.8, 4) is 0 Å². The van der Waals surface area contributed by atoms with Gasteiger partial charge in [-0.1, -0.05) is 0 Å². The van der Waals surface area contributed by atoms with E-state index in [0.29, 0.717) is 23.0 Å². The van der Waals surface area contributed by atoms with Crippen molar-refractivity contribution in [1.29, 1.82) is 0 Å². The Kier molecular flexibility index (Phi) is 3.36. The number of rotatable bonds is 3. The van der Waals surface area contributed by atoms with Gasteiger partial charge >= 0.3 is 0 Å². The summed E-state index contributed by atoms with van der Waals surface area (Å²) in [4.78, 5) is 20.9. The highest BCUT2D eigenvalue weighted by molar-refractivity contribution is 5.93. The Morgan fingerprint density at radius 3 is 2.73 bits per heavy atom. The summed E-state index contributed by atoms with van der Waals surface area (Å²) < 4.78 is 1.72. The normalized spacial score (nSPS) is 12.5. The maximum atomic E-state index is 12.4. The Morgan fingerprint density at radius 2 is 2.05 bits per heavy atom. The van der Waals surface area contributed by atoms with Crippen molar-refractivity contribution in [3.05, 3.63) is 40.9 Å². The van der Waals surface area contributed by atoms with Gasteiger partial charge in [-0.05, 0) is 33.8 Å². The summed E-state index contributed by atoms with van der Waals surface area (Å²) >= 11 is 0. The van der Waals surface area contributed by atoms with Gasteiger partial charge < -0.3 is 5.32 Å². The van der Waals surface area contributed by atoms with Gasteiger partial charge in [0, 0.05) is 11.8 Å². The Balaban J connectivity index is 1.85. The van der Waals surface area contributed by atoms with Crippen molar-refractivity contribution in [2.75, 3.05) is 0 Å². The van der Waals surface area contributed by atoms with Crippen LogP contribution in [-0.4, -0.2) is 35.7 Å². The molecule has 1 atom stereocenters. The summed E-state index contributed by atoms with van der Waals surface area (Å²) in [6, 6.07) is 3.25. The number of H-pyrrole nitrogens is 1. The van der Waals surface area contributed by atoms with Gasteiger partial charge in [-0.2, -0.15) is 10.2 Å². The van der Waals surface area contributed by atoms with E-state index in [1.807, 2.05) is 33.8 Å². The van der Waals surface area contributed by atoms with Gasteiger partial charge in [0.15, 0.2) is 11.5 Å². The molecule has 114 valence electrons. The fraction of sp³-hybridized carbons (Fsp3) is 0.357. The molecular weight excluding hydrogens is 282 g/mol. The smallest absolute Gasteiger partial charge is 0.270 e. The first-order valence-electron chi connectivity index (χ1n) is 6.98. The van der Waals surface area contributed by atoms with Crippen LogP contribution in [0, 0.1) is 20.8 Å². The van der Waals surface area contributed by atoms with Crippen molar-refractivity contribution in [2.45, 2.75) is 33.7 Å². The number of fused-ring (bicyclic) bond motifs is 1. The van der Waals surface area contributed by atoms with Crippen LogP contribution in [0.3, 0.4) is 0 Å². The summed E-state index contributed by atoms with van der Waals surface area (Å²) in [7, 11) is 0. The molecule has 0 spiro atoms. The zero-order valence-corrected chi connectivity index (χ0v) is 12.9. The first kappa shape index (κ1) is 14.2. The Morgan fingerprint density at radius 1 is 1.27 bits per heavy atom. The number of hydrogen-bond acceptors (Lipinski definition) is 5. The number of nitrogens with zero attached hydrogens (tertiary/aromatic N) is 5. The van der Waals surface area contributed by atoms with Crippen LogP contribution >= 0.6 is 0 Å². The van der Waals surface area contributed by atoms with E-state index in [4.69, 9.17) is 0 Å². The molecule has 22 heavy (non-hydrogen) atoms. The van der Waals surface area contributed by atoms with Gasteiger partial charge in [-0.15, -0.1) is 0 Å². The van der Waals surface area contributed by atoms with Crippen LogP contribution < -0.4 is 5.32 Å². The Hall–Kier alpha value is -2.77. The van der Waals surface area contributed by atoms with Crippen molar-refractivity contribution < 1.29 is 4.79 Å². The molecule has 3 rings (SSSR count). The molecule has 3 aromatic heterocycles. The van der Waals surface area contributed by atoms with Gasteiger partial charge in [0.25, 0.3) is 5.91 Å². The van der Waals surface area contributed by atoms with E-state index >= 15 is 0 Å². The van der Waals surface area contributed by atoms with Crippen LogP contribution in [0.25, 0.3) is 5.65 Å². The molecule has 1 unspecified atom stereocenters. The van der Waals surface area contributed by atoms with E-state index in [-0.39, 0.29) is 11.9 Å². The standard InChI is InChI=1S/C14H17N7O/c1-7-5-12-17-11(6-8(2)21(12)20-7)14(22)15-9(3)13-16-10(4)18-19-13/h5-6,9H,1-4H3,(H,15,22)(H,16,18,19). The topological polar surface area (TPSA) is 101 Å². The molecule has 0 radical (unpaired) electrons. The maximum Gasteiger partial charge on any atom is 0.270 e. The van der Waals surface area contributed by atoms with Gasteiger partial charge in [0.2, 0.25) is 0 Å². The zero-order valence-electron chi connectivity index (χ0n) is 12.9. The molecule has 0 aromatic carbocycles. The first-order valence-corrected chi connectivity index (χ1v) is 6.98. The first-order chi connectivity index (χ1) is 10.4. The number of hydrogen-bond donors (Lipinski definition) is 2. The SMILES string of the molecule is Cc1cc2nc(C(=O)NC(C)c3n[nH]c(C)n3)cc(C)n2n1. The lowest BCUT2D eigenvalue weighted by Crippen LogP contribution is -2.28. The number of nitrogens with one attached hydrogen (secondary N) is 2. The minimum absolute atomic E-state index is 0.264. The highest BCUT2D eigenvalue weighted by atomic mass is 16.1. The molecule has 0 aliphatic heterocycles. The van der Waals surface area contributed by atoms with Crippen molar-refractivity contribution in [3.63, 3.8) is 0 Å². The van der Waals surface area contributed by atoms with Crippen molar-refractivity contribution in [1.82, 2.24) is 35.1 Å².